The zero-order valence-electron chi connectivity index (χ0n) is 9.04. The highest BCUT2D eigenvalue weighted by molar-refractivity contribution is 7.89. The molecule has 1 unspecified atom stereocenters. The van der Waals surface area contributed by atoms with Gasteiger partial charge in [-0.3, -0.25) is 0 Å². The average Bonchev–Trinajstić information content (AvgIpc) is 2.01. The van der Waals surface area contributed by atoms with Gasteiger partial charge in [0.05, 0.1) is 11.4 Å². The fraction of sp³-hybridized carbons (Fsp3) is 1.00. The first-order valence-electron chi connectivity index (χ1n) is 4.98. The van der Waals surface area contributed by atoms with Gasteiger partial charge in [0, 0.05) is 12.6 Å². The predicted molar refractivity (Wildman–Crippen MR) is 55.6 cm³/mol. The van der Waals surface area contributed by atoms with Gasteiger partial charge in [-0.2, -0.15) is 0 Å². The van der Waals surface area contributed by atoms with Crippen LogP contribution in [0.5, 0.6) is 0 Å². The molecule has 1 fully saturated rings. The SMILES string of the molecule is CCS(=O)(=O)NC1CCOC(C)(C)C1. The van der Waals surface area contributed by atoms with Gasteiger partial charge >= 0.3 is 0 Å². The van der Waals surface area contributed by atoms with Crippen molar-refractivity contribution in [1.29, 1.82) is 0 Å². The maximum Gasteiger partial charge on any atom is 0.211 e. The third kappa shape index (κ3) is 3.55. The number of hydrogen-bond acceptors (Lipinski definition) is 3. The van der Waals surface area contributed by atoms with Crippen LogP contribution in [-0.2, 0) is 14.8 Å². The molecule has 1 saturated heterocycles. The summed E-state index contributed by atoms with van der Waals surface area (Å²) >= 11 is 0. The van der Waals surface area contributed by atoms with Gasteiger partial charge in [0.15, 0.2) is 0 Å². The number of sulfonamides is 1. The van der Waals surface area contributed by atoms with E-state index in [0.717, 1.165) is 12.8 Å². The maximum absolute atomic E-state index is 11.3. The average molecular weight is 221 g/mol. The van der Waals surface area contributed by atoms with Crippen molar-refractivity contribution in [2.24, 2.45) is 0 Å². The Morgan fingerprint density at radius 2 is 2.14 bits per heavy atom. The fourth-order valence-electron chi connectivity index (χ4n) is 1.67. The number of hydrogen-bond donors (Lipinski definition) is 1. The van der Waals surface area contributed by atoms with Crippen LogP contribution in [0.2, 0.25) is 0 Å². The Bertz CT molecular complexity index is 284. The molecule has 0 aromatic heterocycles. The molecule has 1 rings (SSSR count). The van der Waals surface area contributed by atoms with E-state index in [9.17, 15) is 8.42 Å². The second kappa shape index (κ2) is 4.16. The van der Waals surface area contributed by atoms with Gasteiger partial charge in [-0.05, 0) is 33.6 Å². The van der Waals surface area contributed by atoms with Crippen LogP contribution < -0.4 is 4.72 Å². The van der Waals surface area contributed by atoms with Crippen molar-refractivity contribution in [2.45, 2.75) is 45.3 Å². The van der Waals surface area contributed by atoms with Gasteiger partial charge in [-0.15, -0.1) is 0 Å². The maximum atomic E-state index is 11.3. The largest absolute Gasteiger partial charge is 0.375 e. The highest BCUT2D eigenvalue weighted by Gasteiger charge is 2.30. The molecule has 0 aromatic rings. The third-order valence-electron chi connectivity index (χ3n) is 2.42. The van der Waals surface area contributed by atoms with Crippen molar-refractivity contribution in [3.8, 4) is 0 Å². The van der Waals surface area contributed by atoms with Crippen LogP contribution in [0.15, 0.2) is 0 Å². The molecule has 5 heteroatoms. The van der Waals surface area contributed by atoms with Gasteiger partial charge in [0.2, 0.25) is 10.0 Å². The Morgan fingerprint density at radius 1 is 1.50 bits per heavy atom. The monoisotopic (exact) mass is 221 g/mol. The zero-order valence-corrected chi connectivity index (χ0v) is 9.86. The van der Waals surface area contributed by atoms with E-state index in [1.165, 1.54) is 0 Å². The zero-order chi connectivity index (χ0) is 10.8. The van der Waals surface area contributed by atoms with E-state index in [2.05, 4.69) is 4.72 Å². The van der Waals surface area contributed by atoms with Crippen LogP contribution in [0.25, 0.3) is 0 Å². The second-order valence-electron chi connectivity index (χ2n) is 4.32. The lowest BCUT2D eigenvalue weighted by Crippen LogP contribution is -2.46. The molecule has 14 heavy (non-hydrogen) atoms. The van der Waals surface area contributed by atoms with Gasteiger partial charge < -0.3 is 4.74 Å². The normalized spacial score (nSPS) is 27.5. The minimum atomic E-state index is -3.07. The third-order valence-corrected chi connectivity index (χ3v) is 3.88. The lowest BCUT2D eigenvalue weighted by Gasteiger charge is -2.35. The quantitative estimate of drug-likeness (QED) is 0.770. The highest BCUT2D eigenvalue weighted by atomic mass is 32.2. The lowest BCUT2D eigenvalue weighted by atomic mass is 9.95. The van der Waals surface area contributed by atoms with E-state index in [1.54, 1.807) is 6.92 Å². The minimum absolute atomic E-state index is 0.0312. The Hall–Kier alpha value is -0.130. The van der Waals surface area contributed by atoms with Crippen molar-refractivity contribution in [3.05, 3.63) is 0 Å². The molecule has 0 spiro atoms. The highest BCUT2D eigenvalue weighted by Crippen LogP contribution is 2.24. The number of nitrogens with one attached hydrogen (secondary N) is 1. The van der Waals surface area contributed by atoms with Crippen molar-refractivity contribution < 1.29 is 13.2 Å². The molecule has 1 heterocycles. The summed E-state index contributed by atoms with van der Waals surface area (Å²) in [7, 11) is -3.07. The van der Waals surface area contributed by atoms with Gasteiger partial charge in [-0.25, -0.2) is 13.1 Å². The molecule has 1 N–H and O–H groups in total. The van der Waals surface area contributed by atoms with Crippen molar-refractivity contribution in [3.63, 3.8) is 0 Å². The summed E-state index contributed by atoms with van der Waals surface area (Å²) in [5.74, 6) is 0.144. The van der Waals surface area contributed by atoms with Crippen LogP contribution in [-0.4, -0.2) is 32.4 Å². The predicted octanol–water partition coefficient (Wildman–Crippen LogP) is 0.883. The molecule has 4 nitrogen and oxygen atoms in total. The molecule has 1 atom stereocenters. The molecule has 0 amide bonds. The summed E-state index contributed by atoms with van der Waals surface area (Å²) in [6, 6.07) is 0.0312. The molecule has 0 aliphatic carbocycles. The topological polar surface area (TPSA) is 55.4 Å². The van der Waals surface area contributed by atoms with E-state index < -0.39 is 10.0 Å². The molecule has 0 aromatic carbocycles. The summed E-state index contributed by atoms with van der Waals surface area (Å²) in [4.78, 5) is 0. The second-order valence-corrected chi connectivity index (χ2v) is 6.36. The van der Waals surface area contributed by atoms with E-state index in [1.807, 2.05) is 13.8 Å². The Labute approximate surface area is 86.1 Å². The molecule has 84 valence electrons. The van der Waals surface area contributed by atoms with E-state index in [-0.39, 0.29) is 17.4 Å². The Balaban J connectivity index is 2.54. The Morgan fingerprint density at radius 3 is 2.64 bits per heavy atom. The lowest BCUT2D eigenvalue weighted by molar-refractivity contribution is -0.0599. The first kappa shape index (κ1) is 11.9. The summed E-state index contributed by atoms with van der Waals surface area (Å²) in [5, 5.41) is 0. The summed E-state index contributed by atoms with van der Waals surface area (Å²) in [6.07, 6.45) is 1.51. The standard InChI is InChI=1S/C9H19NO3S/c1-4-14(11,12)10-8-5-6-13-9(2,3)7-8/h8,10H,4-7H2,1-3H3. The summed E-state index contributed by atoms with van der Waals surface area (Å²) < 4.78 is 30.9. The van der Waals surface area contributed by atoms with E-state index >= 15 is 0 Å². The smallest absolute Gasteiger partial charge is 0.211 e. The molecule has 0 radical (unpaired) electrons. The number of ether oxygens (including phenoxy) is 1. The van der Waals surface area contributed by atoms with Crippen LogP contribution >= 0.6 is 0 Å². The molecular formula is C9H19NO3S. The number of rotatable bonds is 3. The van der Waals surface area contributed by atoms with Crippen LogP contribution in [0.3, 0.4) is 0 Å². The van der Waals surface area contributed by atoms with E-state index in [0.29, 0.717) is 6.61 Å². The first-order chi connectivity index (χ1) is 6.35. The summed E-state index contributed by atoms with van der Waals surface area (Å²) in [6.45, 7) is 6.25. The van der Waals surface area contributed by atoms with Crippen LogP contribution in [0, 0.1) is 0 Å². The Kier molecular flexibility index (Phi) is 3.55. The molecular weight excluding hydrogens is 202 g/mol. The van der Waals surface area contributed by atoms with Gasteiger partial charge in [0.1, 0.15) is 0 Å². The minimum Gasteiger partial charge on any atom is -0.375 e. The molecule has 0 bridgehead atoms. The van der Waals surface area contributed by atoms with Crippen LogP contribution in [0.4, 0.5) is 0 Å². The molecule has 0 saturated carbocycles. The molecule has 1 aliphatic heterocycles. The van der Waals surface area contributed by atoms with Gasteiger partial charge in [0.25, 0.3) is 0 Å². The molecule has 1 aliphatic rings. The van der Waals surface area contributed by atoms with E-state index in [4.69, 9.17) is 4.74 Å². The van der Waals surface area contributed by atoms with Crippen molar-refractivity contribution in [1.82, 2.24) is 4.72 Å². The summed E-state index contributed by atoms with van der Waals surface area (Å²) in [5.41, 5.74) is -0.209. The van der Waals surface area contributed by atoms with Crippen molar-refractivity contribution in [2.75, 3.05) is 12.4 Å². The first-order valence-corrected chi connectivity index (χ1v) is 6.64. The fourth-order valence-corrected chi connectivity index (χ4v) is 2.55. The van der Waals surface area contributed by atoms with Gasteiger partial charge in [-0.1, -0.05) is 0 Å². The van der Waals surface area contributed by atoms with Crippen molar-refractivity contribution >= 4 is 10.0 Å². The van der Waals surface area contributed by atoms with Crippen LogP contribution in [0.1, 0.15) is 33.6 Å².